The monoisotopic (exact) mass is 330 g/mol. The third kappa shape index (κ3) is 4.48. The van der Waals surface area contributed by atoms with Crippen molar-refractivity contribution in [3.05, 3.63) is 65.9 Å². The number of benzene rings is 2. The van der Waals surface area contributed by atoms with Gasteiger partial charge < -0.3 is 5.32 Å². The number of aryl methyl sites for hydroxylation is 2. The van der Waals surface area contributed by atoms with Gasteiger partial charge in [0, 0.05) is 23.4 Å². The fraction of sp³-hybridized carbons (Fsp3) is 0.238. The zero-order chi connectivity index (χ0) is 17.5. The van der Waals surface area contributed by atoms with E-state index in [2.05, 4.69) is 53.4 Å². The first-order chi connectivity index (χ1) is 12.3. The van der Waals surface area contributed by atoms with Gasteiger partial charge in [-0.05, 0) is 43.2 Å². The summed E-state index contributed by atoms with van der Waals surface area (Å²) in [6.45, 7) is 5.73. The van der Waals surface area contributed by atoms with E-state index >= 15 is 0 Å². The highest BCUT2D eigenvalue weighted by Crippen LogP contribution is 2.21. The van der Waals surface area contributed by atoms with Gasteiger partial charge in [0.15, 0.2) is 0 Å². The number of anilines is 1. The van der Waals surface area contributed by atoms with Gasteiger partial charge in [-0.25, -0.2) is 0 Å². The molecule has 0 bridgehead atoms. The molecule has 1 aromatic heterocycles. The maximum Gasteiger partial charge on any atom is 0.113 e. The minimum Gasteiger partial charge on any atom is -0.374 e. The SMILES string of the molecule is CCCn1cc(-c2ccc(C#CCNc3ccccc3)cc2C)nn1. The van der Waals surface area contributed by atoms with E-state index in [1.165, 1.54) is 0 Å². The maximum absolute atomic E-state index is 4.27. The first-order valence-electron chi connectivity index (χ1n) is 8.55. The molecule has 25 heavy (non-hydrogen) atoms. The molecule has 3 aromatic rings. The van der Waals surface area contributed by atoms with Crippen molar-refractivity contribution in [1.82, 2.24) is 15.0 Å². The Balaban J connectivity index is 1.66. The van der Waals surface area contributed by atoms with Crippen LogP contribution in [0, 0.1) is 18.8 Å². The van der Waals surface area contributed by atoms with Crippen molar-refractivity contribution in [2.24, 2.45) is 0 Å². The molecule has 1 N–H and O–H groups in total. The Morgan fingerprint density at radius 2 is 1.96 bits per heavy atom. The summed E-state index contributed by atoms with van der Waals surface area (Å²) in [7, 11) is 0. The number of rotatable bonds is 5. The number of nitrogens with one attached hydrogen (secondary N) is 1. The van der Waals surface area contributed by atoms with Crippen LogP contribution in [0.15, 0.2) is 54.7 Å². The van der Waals surface area contributed by atoms with E-state index < -0.39 is 0 Å². The zero-order valence-corrected chi connectivity index (χ0v) is 14.7. The number of hydrogen-bond acceptors (Lipinski definition) is 3. The molecular weight excluding hydrogens is 308 g/mol. The Bertz CT molecular complexity index is 885. The fourth-order valence-electron chi connectivity index (χ4n) is 2.64. The van der Waals surface area contributed by atoms with E-state index in [1.807, 2.05) is 47.3 Å². The summed E-state index contributed by atoms with van der Waals surface area (Å²) in [6.07, 6.45) is 3.05. The van der Waals surface area contributed by atoms with Crippen LogP contribution in [-0.4, -0.2) is 21.5 Å². The van der Waals surface area contributed by atoms with Crippen LogP contribution in [0.4, 0.5) is 5.69 Å². The van der Waals surface area contributed by atoms with Crippen molar-refractivity contribution in [3.8, 4) is 23.1 Å². The first-order valence-corrected chi connectivity index (χ1v) is 8.55. The molecule has 0 spiro atoms. The van der Waals surface area contributed by atoms with Crippen LogP contribution in [0.2, 0.25) is 0 Å². The molecule has 126 valence electrons. The highest BCUT2D eigenvalue weighted by molar-refractivity contribution is 5.64. The Morgan fingerprint density at radius 1 is 1.12 bits per heavy atom. The van der Waals surface area contributed by atoms with E-state index in [0.717, 1.165) is 41.0 Å². The standard InChI is InChI=1S/C21H22N4/c1-3-14-25-16-21(23-24-25)20-12-11-18(15-17(20)2)8-7-13-22-19-9-5-4-6-10-19/h4-6,9-12,15-16,22H,3,13-14H2,1-2H3. The second-order valence-corrected chi connectivity index (χ2v) is 5.92. The van der Waals surface area contributed by atoms with Crippen molar-refractivity contribution in [2.45, 2.75) is 26.8 Å². The summed E-state index contributed by atoms with van der Waals surface area (Å²) in [5.74, 6) is 6.37. The average Bonchev–Trinajstić information content (AvgIpc) is 3.08. The summed E-state index contributed by atoms with van der Waals surface area (Å²) in [4.78, 5) is 0. The Morgan fingerprint density at radius 3 is 2.72 bits per heavy atom. The van der Waals surface area contributed by atoms with Crippen molar-refractivity contribution >= 4 is 5.69 Å². The maximum atomic E-state index is 4.27. The molecule has 0 unspecified atom stereocenters. The fourth-order valence-corrected chi connectivity index (χ4v) is 2.64. The van der Waals surface area contributed by atoms with E-state index in [-0.39, 0.29) is 0 Å². The van der Waals surface area contributed by atoms with E-state index in [9.17, 15) is 0 Å². The predicted molar refractivity (Wildman–Crippen MR) is 102 cm³/mol. The summed E-state index contributed by atoms with van der Waals surface area (Å²) in [5.41, 5.74) is 5.27. The van der Waals surface area contributed by atoms with Crippen molar-refractivity contribution in [3.63, 3.8) is 0 Å². The second-order valence-electron chi connectivity index (χ2n) is 5.92. The molecule has 0 aliphatic carbocycles. The minimum absolute atomic E-state index is 0.621. The van der Waals surface area contributed by atoms with Gasteiger partial charge in [-0.2, -0.15) is 0 Å². The van der Waals surface area contributed by atoms with Gasteiger partial charge in [-0.1, -0.05) is 48.2 Å². The first kappa shape index (κ1) is 16.8. The largest absolute Gasteiger partial charge is 0.374 e. The van der Waals surface area contributed by atoms with E-state index in [0.29, 0.717) is 6.54 Å². The quantitative estimate of drug-likeness (QED) is 0.715. The van der Waals surface area contributed by atoms with Gasteiger partial charge in [0.2, 0.25) is 0 Å². The molecule has 0 aliphatic heterocycles. The molecule has 2 aromatic carbocycles. The van der Waals surface area contributed by atoms with Crippen LogP contribution in [-0.2, 0) is 6.54 Å². The van der Waals surface area contributed by atoms with Crippen LogP contribution in [0.1, 0.15) is 24.5 Å². The van der Waals surface area contributed by atoms with E-state index in [1.54, 1.807) is 0 Å². The summed E-state index contributed by atoms with van der Waals surface area (Å²) in [6, 6.07) is 16.3. The van der Waals surface area contributed by atoms with Gasteiger partial charge in [0.25, 0.3) is 0 Å². The normalized spacial score (nSPS) is 10.2. The Labute approximate surface area is 148 Å². The van der Waals surface area contributed by atoms with Crippen LogP contribution >= 0.6 is 0 Å². The highest BCUT2D eigenvalue weighted by atomic mass is 15.4. The Kier molecular flexibility index (Phi) is 5.48. The number of para-hydroxylation sites is 1. The summed E-state index contributed by atoms with van der Waals surface area (Å²) >= 11 is 0. The van der Waals surface area contributed by atoms with Gasteiger partial charge in [0.1, 0.15) is 5.69 Å². The molecule has 1 heterocycles. The number of hydrogen-bond donors (Lipinski definition) is 1. The molecule has 0 radical (unpaired) electrons. The molecule has 0 saturated heterocycles. The number of nitrogens with zero attached hydrogens (tertiary/aromatic N) is 3. The topological polar surface area (TPSA) is 42.7 Å². The van der Waals surface area contributed by atoms with Crippen LogP contribution in [0.25, 0.3) is 11.3 Å². The van der Waals surface area contributed by atoms with Gasteiger partial charge in [0.05, 0.1) is 12.7 Å². The smallest absolute Gasteiger partial charge is 0.113 e. The lowest BCUT2D eigenvalue weighted by atomic mass is 10.0. The number of aromatic nitrogens is 3. The lowest BCUT2D eigenvalue weighted by Gasteiger charge is -2.03. The molecule has 0 saturated carbocycles. The second kappa shape index (κ2) is 8.16. The van der Waals surface area contributed by atoms with Crippen molar-refractivity contribution in [2.75, 3.05) is 11.9 Å². The summed E-state index contributed by atoms with van der Waals surface area (Å²) < 4.78 is 1.89. The highest BCUT2D eigenvalue weighted by Gasteiger charge is 2.07. The minimum atomic E-state index is 0.621. The third-order valence-corrected chi connectivity index (χ3v) is 3.88. The lowest BCUT2D eigenvalue weighted by molar-refractivity contribution is 0.579. The summed E-state index contributed by atoms with van der Waals surface area (Å²) in [5, 5.41) is 11.7. The van der Waals surface area contributed by atoms with Crippen LogP contribution < -0.4 is 5.32 Å². The molecule has 0 atom stereocenters. The van der Waals surface area contributed by atoms with Gasteiger partial charge >= 0.3 is 0 Å². The van der Waals surface area contributed by atoms with Crippen molar-refractivity contribution in [1.29, 1.82) is 0 Å². The average molecular weight is 330 g/mol. The third-order valence-electron chi connectivity index (χ3n) is 3.88. The van der Waals surface area contributed by atoms with Crippen LogP contribution in [0.3, 0.4) is 0 Å². The van der Waals surface area contributed by atoms with E-state index in [4.69, 9.17) is 0 Å². The molecule has 4 heteroatoms. The van der Waals surface area contributed by atoms with Gasteiger partial charge in [-0.15, -0.1) is 5.10 Å². The Hall–Kier alpha value is -3.06. The molecular formula is C21H22N4. The lowest BCUT2D eigenvalue weighted by Crippen LogP contribution is -1.97. The van der Waals surface area contributed by atoms with Gasteiger partial charge in [-0.3, -0.25) is 4.68 Å². The molecule has 0 amide bonds. The van der Waals surface area contributed by atoms with Crippen LogP contribution in [0.5, 0.6) is 0 Å². The molecule has 3 rings (SSSR count). The zero-order valence-electron chi connectivity index (χ0n) is 14.7. The molecule has 4 nitrogen and oxygen atoms in total. The molecule has 0 fully saturated rings. The predicted octanol–water partition coefficient (Wildman–Crippen LogP) is 4.13. The van der Waals surface area contributed by atoms with Crippen molar-refractivity contribution < 1.29 is 0 Å². The molecule has 0 aliphatic rings.